The van der Waals surface area contributed by atoms with E-state index in [9.17, 15) is 21.6 Å². The minimum Gasteiger partial charge on any atom is -0.286 e. The van der Waals surface area contributed by atoms with Gasteiger partial charge in [0.05, 0.1) is 12.2 Å². The topological polar surface area (TPSA) is 67.6 Å². The number of hydrogen-bond donors (Lipinski definition) is 0. The Morgan fingerprint density at radius 3 is 2.37 bits per heavy atom. The fraction of sp³-hybridized carbons (Fsp3) is 0.100. The van der Waals surface area contributed by atoms with E-state index < -0.39 is 34.0 Å². The Bertz CT molecular complexity index is 1340. The van der Waals surface area contributed by atoms with Gasteiger partial charge in [0, 0.05) is 17.8 Å². The summed E-state index contributed by atoms with van der Waals surface area (Å²) in [6.45, 7) is 1.17. The first-order valence-corrected chi connectivity index (χ1v) is 10.2. The molecule has 4 rings (SSSR count). The van der Waals surface area contributed by atoms with Crippen molar-refractivity contribution in [3.63, 3.8) is 0 Å². The van der Waals surface area contributed by atoms with E-state index in [1.165, 1.54) is 40.8 Å². The van der Waals surface area contributed by atoms with E-state index in [-0.39, 0.29) is 21.8 Å². The number of halogens is 3. The van der Waals surface area contributed by atoms with E-state index in [1.54, 1.807) is 13.1 Å². The Labute approximate surface area is 170 Å². The molecule has 10 heteroatoms. The van der Waals surface area contributed by atoms with E-state index in [0.29, 0.717) is 11.9 Å². The summed E-state index contributed by atoms with van der Waals surface area (Å²) >= 11 is 0. The molecule has 4 aromatic rings. The molecule has 2 heterocycles. The Kier molecular flexibility index (Phi) is 4.94. The van der Waals surface area contributed by atoms with E-state index in [2.05, 4.69) is 10.2 Å². The van der Waals surface area contributed by atoms with E-state index in [1.807, 2.05) is 0 Å². The maximum atomic E-state index is 14.3. The van der Waals surface area contributed by atoms with Crippen molar-refractivity contribution in [1.82, 2.24) is 14.6 Å². The zero-order valence-electron chi connectivity index (χ0n) is 15.6. The molecule has 0 fully saturated rings. The molecule has 0 aliphatic heterocycles. The van der Waals surface area contributed by atoms with Crippen molar-refractivity contribution < 1.29 is 21.6 Å². The number of nitrogens with zero attached hydrogens (tertiary/aromatic N) is 4. The van der Waals surface area contributed by atoms with Crippen LogP contribution in [0.25, 0.3) is 5.65 Å². The third-order valence-corrected chi connectivity index (χ3v) is 6.34. The average molecular weight is 432 g/mol. The summed E-state index contributed by atoms with van der Waals surface area (Å²) < 4.78 is 71.4. The van der Waals surface area contributed by atoms with Gasteiger partial charge >= 0.3 is 0 Å². The molecule has 6 nitrogen and oxygen atoms in total. The second kappa shape index (κ2) is 7.45. The Morgan fingerprint density at radius 1 is 0.967 bits per heavy atom. The van der Waals surface area contributed by atoms with Crippen LogP contribution in [0, 0.1) is 24.4 Å². The number of aryl methyl sites for hydroxylation is 1. The first kappa shape index (κ1) is 19.9. The summed E-state index contributed by atoms with van der Waals surface area (Å²) in [6, 6.07) is 10.7. The van der Waals surface area contributed by atoms with Crippen molar-refractivity contribution in [3.05, 3.63) is 89.6 Å². The summed E-state index contributed by atoms with van der Waals surface area (Å²) in [4.78, 5) is -0.230. The Morgan fingerprint density at radius 2 is 1.67 bits per heavy atom. The molecule has 0 aliphatic rings. The molecule has 0 saturated carbocycles. The first-order chi connectivity index (χ1) is 14.3. The number of aromatic nitrogens is 3. The van der Waals surface area contributed by atoms with Gasteiger partial charge in [-0.25, -0.2) is 21.6 Å². The van der Waals surface area contributed by atoms with Crippen LogP contribution in [0.3, 0.4) is 0 Å². The maximum Gasteiger partial charge on any atom is 0.268 e. The largest absolute Gasteiger partial charge is 0.286 e. The monoisotopic (exact) mass is 432 g/mol. The molecule has 0 radical (unpaired) electrons. The molecule has 2 aromatic heterocycles. The van der Waals surface area contributed by atoms with Gasteiger partial charge in [-0.2, -0.15) is 0 Å². The lowest BCUT2D eigenvalue weighted by Gasteiger charge is -2.25. The molecule has 0 saturated heterocycles. The highest BCUT2D eigenvalue weighted by atomic mass is 32.2. The molecule has 0 unspecified atom stereocenters. The number of sulfonamides is 1. The summed E-state index contributed by atoms with van der Waals surface area (Å²) in [5.74, 6) is -2.11. The number of fused-ring (bicyclic) bond motifs is 1. The minimum absolute atomic E-state index is 0.0374. The van der Waals surface area contributed by atoms with E-state index in [4.69, 9.17) is 0 Å². The number of hydrogen-bond acceptors (Lipinski definition) is 4. The average Bonchev–Trinajstić information content (AvgIpc) is 3.07. The lowest BCUT2D eigenvalue weighted by molar-refractivity contribution is 0.577. The standard InChI is InChI=1S/C20H15F3N4O2S/c1-13-24-25-20-19(7-4-8-26(13)20)30(28,29)27(12-14-5-2-3-6-18(14)23)17-10-15(21)9-16(22)11-17/h2-11H,12H2,1H3. The smallest absolute Gasteiger partial charge is 0.268 e. The van der Waals surface area contributed by atoms with Crippen LogP contribution in [0.1, 0.15) is 11.4 Å². The van der Waals surface area contributed by atoms with Gasteiger partial charge in [0.25, 0.3) is 10.0 Å². The van der Waals surface area contributed by atoms with Gasteiger partial charge in [-0.15, -0.1) is 10.2 Å². The van der Waals surface area contributed by atoms with Crippen molar-refractivity contribution in [3.8, 4) is 0 Å². The summed E-state index contributed by atoms with van der Waals surface area (Å²) in [5, 5.41) is 7.78. The number of anilines is 1. The van der Waals surface area contributed by atoms with Crippen LogP contribution >= 0.6 is 0 Å². The van der Waals surface area contributed by atoms with Gasteiger partial charge < -0.3 is 0 Å². The van der Waals surface area contributed by atoms with Gasteiger partial charge in [-0.1, -0.05) is 18.2 Å². The Balaban J connectivity index is 1.93. The SMILES string of the molecule is Cc1nnc2c(S(=O)(=O)N(Cc3ccccc3F)c3cc(F)cc(F)c3)cccn12. The molecular formula is C20H15F3N4O2S. The molecular weight excluding hydrogens is 417 g/mol. The zero-order valence-corrected chi connectivity index (χ0v) is 16.4. The zero-order chi connectivity index (χ0) is 21.5. The van der Waals surface area contributed by atoms with Crippen molar-refractivity contribution >= 4 is 21.4 Å². The molecule has 0 aliphatic carbocycles. The molecule has 0 atom stereocenters. The van der Waals surface area contributed by atoms with E-state index >= 15 is 0 Å². The quantitative estimate of drug-likeness (QED) is 0.481. The summed E-state index contributed by atoms with van der Waals surface area (Å²) in [6.07, 6.45) is 1.59. The highest BCUT2D eigenvalue weighted by Gasteiger charge is 2.30. The lowest BCUT2D eigenvalue weighted by Crippen LogP contribution is -2.31. The second-order valence-electron chi connectivity index (χ2n) is 6.54. The number of benzene rings is 2. The highest BCUT2D eigenvalue weighted by molar-refractivity contribution is 7.93. The predicted molar refractivity (Wildman–Crippen MR) is 104 cm³/mol. The van der Waals surface area contributed by atoms with Crippen LogP contribution in [0.2, 0.25) is 0 Å². The van der Waals surface area contributed by atoms with Crippen molar-refractivity contribution in [2.45, 2.75) is 18.4 Å². The van der Waals surface area contributed by atoms with Crippen LogP contribution in [-0.2, 0) is 16.6 Å². The predicted octanol–water partition coefficient (Wildman–Crippen LogP) is 3.85. The summed E-state index contributed by atoms with van der Waals surface area (Å²) in [5.41, 5.74) is -0.199. The lowest BCUT2D eigenvalue weighted by atomic mass is 10.2. The third kappa shape index (κ3) is 3.50. The molecule has 0 N–H and O–H groups in total. The molecule has 0 spiro atoms. The molecule has 2 aromatic carbocycles. The molecule has 154 valence electrons. The first-order valence-electron chi connectivity index (χ1n) is 8.80. The van der Waals surface area contributed by atoms with Crippen molar-refractivity contribution in [1.29, 1.82) is 0 Å². The van der Waals surface area contributed by atoms with Gasteiger partial charge in [-0.3, -0.25) is 8.71 Å². The number of rotatable bonds is 5. The highest BCUT2D eigenvalue weighted by Crippen LogP contribution is 2.29. The van der Waals surface area contributed by atoms with Crippen molar-refractivity contribution in [2.75, 3.05) is 4.31 Å². The van der Waals surface area contributed by atoms with E-state index in [0.717, 1.165) is 16.4 Å². The van der Waals surface area contributed by atoms with Crippen LogP contribution in [0.4, 0.5) is 18.9 Å². The third-order valence-electron chi connectivity index (χ3n) is 4.54. The van der Waals surface area contributed by atoms with Crippen LogP contribution in [0.15, 0.2) is 65.7 Å². The van der Waals surface area contributed by atoms with Crippen LogP contribution in [0.5, 0.6) is 0 Å². The fourth-order valence-electron chi connectivity index (χ4n) is 3.11. The van der Waals surface area contributed by atoms with Crippen molar-refractivity contribution in [2.24, 2.45) is 0 Å². The van der Waals surface area contributed by atoms with Gasteiger partial charge in [0.1, 0.15) is 28.2 Å². The van der Waals surface area contributed by atoms with Gasteiger partial charge in [-0.05, 0) is 37.3 Å². The maximum absolute atomic E-state index is 14.3. The molecule has 30 heavy (non-hydrogen) atoms. The fourth-order valence-corrected chi connectivity index (χ4v) is 4.66. The van der Waals surface area contributed by atoms with Crippen LogP contribution in [-0.4, -0.2) is 23.0 Å². The molecule has 0 bridgehead atoms. The second-order valence-corrected chi connectivity index (χ2v) is 8.37. The van der Waals surface area contributed by atoms with Gasteiger partial charge in [0.15, 0.2) is 5.65 Å². The van der Waals surface area contributed by atoms with Gasteiger partial charge in [0.2, 0.25) is 0 Å². The normalized spacial score (nSPS) is 11.7. The Hall–Kier alpha value is -3.40. The summed E-state index contributed by atoms with van der Waals surface area (Å²) in [7, 11) is -4.41. The molecule has 0 amide bonds. The van der Waals surface area contributed by atoms with Crippen LogP contribution < -0.4 is 4.31 Å². The minimum atomic E-state index is -4.41. The number of pyridine rings is 1.